The molecule has 1 fully saturated rings. The molecule has 3 heterocycles. The van der Waals surface area contributed by atoms with Crippen molar-refractivity contribution < 1.29 is 9.13 Å². The molecule has 4 rings (SSSR count). The van der Waals surface area contributed by atoms with Crippen LogP contribution in [0.1, 0.15) is 0 Å². The Bertz CT molecular complexity index is 845. The average Bonchev–Trinajstić information content (AvgIpc) is 2.99. The van der Waals surface area contributed by atoms with Crippen LogP contribution < -0.4 is 10.6 Å². The number of thiazole rings is 1. The monoisotopic (exact) mass is 331 g/mol. The standard InChI is InChI=1S/C15H14FN5OS/c16-10-3-1-9(2-4-10)14-18-12-11(23-14)13(20-15(17)19-12)21-5-7-22-8-6-21/h1-4H,5-8H2,(H2,17,19,20). The first kappa shape index (κ1) is 14.3. The van der Waals surface area contributed by atoms with Crippen LogP contribution in [0.5, 0.6) is 0 Å². The molecule has 0 unspecified atom stereocenters. The number of ether oxygens (including phenoxy) is 1. The van der Waals surface area contributed by atoms with Gasteiger partial charge in [0.2, 0.25) is 5.95 Å². The van der Waals surface area contributed by atoms with E-state index in [9.17, 15) is 4.39 Å². The van der Waals surface area contributed by atoms with Gasteiger partial charge < -0.3 is 15.4 Å². The van der Waals surface area contributed by atoms with Crippen LogP contribution >= 0.6 is 11.3 Å². The van der Waals surface area contributed by atoms with Gasteiger partial charge in [0.1, 0.15) is 15.5 Å². The zero-order chi connectivity index (χ0) is 15.8. The molecule has 1 aliphatic rings. The molecule has 1 aliphatic heterocycles. The van der Waals surface area contributed by atoms with Gasteiger partial charge in [-0.2, -0.15) is 9.97 Å². The number of anilines is 2. The second kappa shape index (κ2) is 5.71. The number of rotatable bonds is 2. The molecule has 0 atom stereocenters. The minimum absolute atomic E-state index is 0.204. The summed E-state index contributed by atoms with van der Waals surface area (Å²) in [5, 5.41) is 0.773. The van der Waals surface area contributed by atoms with Crippen molar-refractivity contribution in [1.29, 1.82) is 0 Å². The second-order valence-electron chi connectivity index (χ2n) is 5.18. The van der Waals surface area contributed by atoms with Gasteiger partial charge in [0.25, 0.3) is 0 Å². The van der Waals surface area contributed by atoms with E-state index in [1.54, 1.807) is 12.1 Å². The van der Waals surface area contributed by atoms with Crippen LogP contribution in [0.3, 0.4) is 0 Å². The van der Waals surface area contributed by atoms with Gasteiger partial charge in [-0.05, 0) is 24.3 Å². The zero-order valence-corrected chi connectivity index (χ0v) is 13.0. The highest BCUT2D eigenvalue weighted by molar-refractivity contribution is 7.22. The third-order valence-corrected chi connectivity index (χ3v) is 4.74. The number of halogens is 1. The lowest BCUT2D eigenvalue weighted by atomic mass is 10.2. The molecule has 0 radical (unpaired) electrons. The molecule has 0 saturated carbocycles. The molecule has 6 nitrogen and oxygen atoms in total. The van der Waals surface area contributed by atoms with Crippen LogP contribution in [0.4, 0.5) is 16.2 Å². The lowest BCUT2D eigenvalue weighted by Crippen LogP contribution is -2.37. The van der Waals surface area contributed by atoms with Crippen molar-refractivity contribution in [3.63, 3.8) is 0 Å². The van der Waals surface area contributed by atoms with Gasteiger partial charge in [-0.15, -0.1) is 11.3 Å². The molecule has 0 spiro atoms. The minimum Gasteiger partial charge on any atom is -0.378 e. The van der Waals surface area contributed by atoms with Crippen LogP contribution in [0.15, 0.2) is 24.3 Å². The highest BCUT2D eigenvalue weighted by atomic mass is 32.1. The highest BCUT2D eigenvalue weighted by Gasteiger charge is 2.20. The number of morpholine rings is 1. The van der Waals surface area contributed by atoms with Crippen LogP contribution in [0.25, 0.3) is 20.9 Å². The molecule has 0 aliphatic carbocycles. The summed E-state index contributed by atoms with van der Waals surface area (Å²) < 4.78 is 19.4. The fraction of sp³-hybridized carbons (Fsp3) is 0.267. The minimum atomic E-state index is -0.270. The van der Waals surface area contributed by atoms with E-state index in [4.69, 9.17) is 10.5 Å². The number of nitrogens with two attached hydrogens (primary N) is 1. The van der Waals surface area contributed by atoms with Gasteiger partial charge in [-0.1, -0.05) is 0 Å². The zero-order valence-electron chi connectivity index (χ0n) is 12.2. The lowest BCUT2D eigenvalue weighted by Gasteiger charge is -2.27. The van der Waals surface area contributed by atoms with E-state index in [1.807, 2.05) is 0 Å². The van der Waals surface area contributed by atoms with Gasteiger partial charge in [0, 0.05) is 18.7 Å². The first-order valence-electron chi connectivity index (χ1n) is 7.23. The van der Waals surface area contributed by atoms with Gasteiger partial charge >= 0.3 is 0 Å². The molecule has 0 bridgehead atoms. The Kier molecular flexibility index (Phi) is 3.55. The van der Waals surface area contributed by atoms with E-state index in [2.05, 4.69) is 19.9 Å². The summed E-state index contributed by atoms with van der Waals surface area (Å²) in [6.45, 7) is 2.84. The van der Waals surface area contributed by atoms with Gasteiger partial charge in [-0.3, -0.25) is 0 Å². The Morgan fingerprint density at radius 1 is 1.09 bits per heavy atom. The Morgan fingerprint density at radius 3 is 2.57 bits per heavy atom. The molecular weight excluding hydrogens is 317 g/mol. The van der Waals surface area contributed by atoms with E-state index in [0.717, 1.165) is 34.2 Å². The summed E-state index contributed by atoms with van der Waals surface area (Å²) in [6.07, 6.45) is 0. The Hall–Kier alpha value is -2.32. The van der Waals surface area contributed by atoms with Gasteiger partial charge in [-0.25, -0.2) is 9.37 Å². The summed E-state index contributed by atoms with van der Waals surface area (Å²) >= 11 is 1.49. The molecule has 118 valence electrons. The first-order chi connectivity index (χ1) is 11.2. The smallest absolute Gasteiger partial charge is 0.224 e. The first-order valence-corrected chi connectivity index (χ1v) is 8.05. The van der Waals surface area contributed by atoms with E-state index < -0.39 is 0 Å². The van der Waals surface area contributed by atoms with Crippen molar-refractivity contribution in [1.82, 2.24) is 15.0 Å². The number of nitrogen functional groups attached to an aromatic ring is 1. The maximum Gasteiger partial charge on any atom is 0.224 e. The Balaban J connectivity index is 1.82. The fourth-order valence-electron chi connectivity index (χ4n) is 2.53. The van der Waals surface area contributed by atoms with E-state index >= 15 is 0 Å². The summed E-state index contributed by atoms with van der Waals surface area (Å²) in [5.74, 6) is 0.726. The molecule has 0 amide bonds. The van der Waals surface area contributed by atoms with Gasteiger partial charge in [0.05, 0.1) is 13.2 Å². The van der Waals surface area contributed by atoms with Crippen LogP contribution in [0, 0.1) is 5.82 Å². The molecule has 2 N–H and O–H groups in total. The average molecular weight is 331 g/mol. The number of nitrogens with zero attached hydrogens (tertiary/aromatic N) is 4. The molecule has 3 aromatic rings. The maximum atomic E-state index is 13.1. The SMILES string of the molecule is Nc1nc(N2CCOCC2)c2sc(-c3ccc(F)cc3)nc2n1. The summed E-state index contributed by atoms with van der Waals surface area (Å²) in [7, 11) is 0. The molecule has 2 aromatic heterocycles. The normalized spacial score (nSPS) is 15.3. The summed E-state index contributed by atoms with van der Waals surface area (Å²) in [5.41, 5.74) is 7.25. The number of fused-ring (bicyclic) bond motifs is 1. The molecule has 23 heavy (non-hydrogen) atoms. The van der Waals surface area contributed by atoms with Crippen molar-refractivity contribution in [3.8, 4) is 10.6 Å². The van der Waals surface area contributed by atoms with Crippen LogP contribution in [-0.2, 0) is 4.74 Å². The quantitative estimate of drug-likeness (QED) is 0.776. The third kappa shape index (κ3) is 2.71. The topological polar surface area (TPSA) is 77.2 Å². The number of benzene rings is 1. The summed E-state index contributed by atoms with van der Waals surface area (Å²) in [4.78, 5) is 15.3. The maximum absolute atomic E-state index is 13.1. The fourth-order valence-corrected chi connectivity index (χ4v) is 3.56. The largest absolute Gasteiger partial charge is 0.378 e. The van der Waals surface area contributed by atoms with Crippen molar-refractivity contribution in [3.05, 3.63) is 30.1 Å². The summed E-state index contributed by atoms with van der Waals surface area (Å²) in [6, 6.07) is 6.26. The number of hydrogen-bond acceptors (Lipinski definition) is 7. The van der Waals surface area contributed by atoms with Crippen molar-refractivity contribution in [2.24, 2.45) is 0 Å². The molecule has 1 saturated heterocycles. The highest BCUT2D eigenvalue weighted by Crippen LogP contribution is 2.35. The predicted molar refractivity (Wildman–Crippen MR) is 88.0 cm³/mol. The Labute approximate surface area is 135 Å². The third-order valence-electron chi connectivity index (χ3n) is 3.66. The lowest BCUT2D eigenvalue weighted by molar-refractivity contribution is 0.122. The molecular formula is C15H14FN5OS. The van der Waals surface area contributed by atoms with E-state index in [0.29, 0.717) is 18.9 Å². The number of aromatic nitrogens is 3. The van der Waals surface area contributed by atoms with Crippen molar-refractivity contribution >= 4 is 33.5 Å². The predicted octanol–water partition coefficient (Wildman–Crippen LogP) is 2.31. The van der Waals surface area contributed by atoms with Crippen molar-refractivity contribution in [2.75, 3.05) is 36.9 Å². The molecule has 8 heteroatoms. The van der Waals surface area contributed by atoms with E-state index in [-0.39, 0.29) is 11.8 Å². The van der Waals surface area contributed by atoms with Crippen LogP contribution in [-0.4, -0.2) is 41.3 Å². The van der Waals surface area contributed by atoms with E-state index in [1.165, 1.54) is 23.5 Å². The Morgan fingerprint density at radius 2 is 1.83 bits per heavy atom. The van der Waals surface area contributed by atoms with Crippen LogP contribution in [0.2, 0.25) is 0 Å². The second-order valence-corrected chi connectivity index (χ2v) is 6.18. The van der Waals surface area contributed by atoms with Gasteiger partial charge in [0.15, 0.2) is 11.5 Å². The van der Waals surface area contributed by atoms with Crippen molar-refractivity contribution in [2.45, 2.75) is 0 Å². The molecule has 1 aromatic carbocycles. The number of hydrogen-bond donors (Lipinski definition) is 1.